The van der Waals surface area contributed by atoms with Crippen LogP contribution in [0.2, 0.25) is 0 Å². The van der Waals surface area contributed by atoms with Gasteiger partial charge >= 0.3 is 0 Å². The molecule has 2 N–H and O–H groups in total. The van der Waals surface area contributed by atoms with Crippen molar-refractivity contribution in [3.8, 4) is 0 Å². The number of hydrogen-bond donors (Lipinski definition) is 2. The van der Waals surface area contributed by atoms with Crippen LogP contribution in [0.1, 0.15) is 17.7 Å². The number of carbonyl (C=O) groups is 1. The molecule has 128 valence electrons. The minimum absolute atomic E-state index is 0.222. The summed E-state index contributed by atoms with van der Waals surface area (Å²) >= 11 is 0. The van der Waals surface area contributed by atoms with Gasteiger partial charge in [0, 0.05) is 34.3 Å². The van der Waals surface area contributed by atoms with Crippen molar-refractivity contribution in [3.05, 3.63) is 65.1 Å². The lowest BCUT2D eigenvalue weighted by atomic mass is 9.85. The van der Waals surface area contributed by atoms with Gasteiger partial charge in [-0.1, -0.05) is 0 Å². The van der Waals surface area contributed by atoms with Crippen LogP contribution < -0.4 is 5.32 Å². The first kappa shape index (κ1) is 15.7. The quantitative estimate of drug-likeness (QED) is 0.714. The van der Waals surface area contributed by atoms with Gasteiger partial charge in [0.15, 0.2) is 11.6 Å². The molecule has 4 rings (SSSR count). The largest absolute Gasteiger partial charge is 0.358 e. The fourth-order valence-corrected chi connectivity index (χ4v) is 3.43. The molecule has 1 amide bonds. The summed E-state index contributed by atoms with van der Waals surface area (Å²) in [6.07, 6.45) is 1.80. The summed E-state index contributed by atoms with van der Waals surface area (Å²) in [4.78, 5) is 15.8. The lowest BCUT2D eigenvalue weighted by Crippen LogP contribution is -2.28. The maximum Gasteiger partial charge on any atom is 0.227 e. The maximum absolute atomic E-state index is 13.5. The number of benzene rings is 2. The third kappa shape index (κ3) is 2.88. The second-order valence-corrected chi connectivity index (χ2v) is 6.33. The van der Waals surface area contributed by atoms with Gasteiger partial charge in [-0.2, -0.15) is 0 Å². The third-order valence-corrected chi connectivity index (χ3v) is 4.71. The van der Waals surface area contributed by atoms with Crippen molar-refractivity contribution in [1.82, 2.24) is 4.98 Å². The monoisotopic (exact) mass is 344 g/mol. The van der Waals surface area contributed by atoms with Crippen molar-refractivity contribution >= 4 is 22.5 Å². The molecule has 0 spiro atoms. The lowest BCUT2D eigenvalue weighted by Gasteiger charge is -2.22. The Labute approximate surface area is 141 Å². The summed E-state index contributed by atoms with van der Waals surface area (Å²) in [5.41, 5.74) is 3.05. The minimum Gasteiger partial charge on any atom is -0.358 e. The molecule has 0 radical (unpaired) electrons. The Morgan fingerprint density at radius 2 is 1.92 bits per heavy atom. The van der Waals surface area contributed by atoms with Gasteiger partial charge in [0.1, 0.15) is 5.82 Å². The van der Waals surface area contributed by atoms with E-state index in [-0.39, 0.29) is 23.3 Å². The molecule has 0 bridgehead atoms. The van der Waals surface area contributed by atoms with Gasteiger partial charge in [0.25, 0.3) is 0 Å². The predicted octanol–water partition coefficient (Wildman–Crippen LogP) is 4.33. The average Bonchev–Trinajstić information content (AvgIpc) is 2.95. The van der Waals surface area contributed by atoms with Crippen LogP contribution in [-0.4, -0.2) is 10.9 Å². The fourth-order valence-electron chi connectivity index (χ4n) is 3.43. The summed E-state index contributed by atoms with van der Waals surface area (Å²) in [5.74, 6) is -2.83. The van der Waals surface area contributed by atoms with E-state index >= 15 is 0 Å². The van der Waals surface area contributed by atoms with Crippen LogP contribution in [0.3, 0.4) is 0 Å². The van der Waals surface area contributed by atoms with E-state index in [0.717, 1.165) is 34.3 Å². The van der Waals surface area contributed by atoms with Crippen molar-refractivity contribution in [2.24, 2.45) is 5.92 Å². The van der Waals surface area contributed by atoms with E-state index in [4.69, 9.17) is 0 Å². The summed E-state index contributed by atoms with van der Waals surface area (Å²) < 4.78 is 39.8. The molecule has 2 aromatic carbocycles. The Morgan fingerprint density at radius 3 is 2.72 bits per heavy atom. The Morgan fingerprint density at radius 1 is 1.08 bits per heavy atom. The van der Waals surface area contributed by atoms with Crippen molar-refractivity contribution < 1.29 is 18.0 Å². The summed E-state index contributed by atoms with van der Waals surface area (Å²) in [6.45, 7) is 0. The molecular formula is C19H15F3N2O. The van der Waals surface area contributed by atoms with Gasteiger partial charge in [-0.3, -0.25) is 4.79 Å². The number of carbonyl (C=O) groups excluding carboxylic acids is 1. The predicted molar refractivity (Wildman–Crippen MR) is 88.8 cm³/mol. The first-order valence-electron chi connectivity index (χ1n) is 8.06. The zero-order chi connectivity index (χ0) is 17.6. The summed E-state index contributed by atoms with van der Waals surface area (Å²) in [5, 5.41) is 3.42. The molecule has 3 nitrogen and oxygen atoms in total. The van der Waals surface area contributed by atoms with Crippen LogP contribution in [0.5, 0.6) is 0 Å². The highest BCUT2D eigenvalue weighted by atomic mass is 19.2. The molecule has 1 unspecified atom stereocenters. The highest BCUT2D eigenvalue weighted by Crippen LogP contribution is 2.32. The van der Waals surface area contributed by atoms with Crippen molar-refractivity contribution in [3.63, 3.8) is 0 Å². The number of hydrogen-bond acceptors (Lipinski definition) is 1. The summed E-state index contributed by atoms with van der Waals surface area (Å²) in [6, 6.07) is 7.83. The number of H-pyrrole nitrogens is 1. The molecule has 1 heterocycles. The smallest absolute Gasteiger partial charge is 0.227 e. The van der Waals surface area contributed by atoms with Crippen molar-refractivity contribution in [2.75, 3.05) is 5.32 Å². The topological polar surface area (TPSA) is 44.9 Å². The number of aromatic amines is 1. The zero-order valence-corrected chi connectivity index (χ0v) is 13.2. The highest BCUT2D eigenvalue weighted by Gasteiger charge is 2.27. The van der Waals surface area contributed by atoms with E-state index in [1.807, 2.05) is 0 Å². The molecule has 0 aliphatic heterocycles. The van der Waals surface area contributed by atoms with Gasteiger partial charge in [-0.25, -0.2) is 13.2 Å². The zero-order valence-electron chi connectivity index (χ0n) is 13.2. The van der Waals surface area contributed by atoms with Crippen LogP contribution in [0.4, 0.5) is 18.9 Å². The van der Waals surface area contributed by atoms with Crippen LogP contribution in [0.25, 0.3) is 10.9 Å². The van der Waals surface area contributed by atoms with Crippen LogP contribution in [0.15, 0.2) is 36.4 Å². The van der Waals surface area contributed by atoms with Gasteiger partial charge in [-0.05, 0) is 55.2 Å². The molecule has 0 fully saturated rings. The third-order valence-electron chi connectivity index (χ3n) is 4.71. The van der Waals surface area contributed by atoms with E-state index in [9.17, 15) is 18.0 Å². The Balaban J connectivity index is 1.57. The number of anilines is 1. The average molecular weight is 344 g/mol. The number of aryl methyl sites for hydroxylation is 1. The second-order valence-electron chi connectivity index (χ2n) is 6.33. The van der Waals surface area contributed by atoms with Gasteiger partial charge < -0.3 is 10.3 Å². The maximum atomic E-state index is 13.5. The molecule has 6 heteroatoms. The van der Waals surface area contributed by atoms with Crippen LogP contribution in [-0.2, 0) is 17.6 Å². The van der Waals surface area contributed by atoms with Crippen molar-refractivity contribution in [1.29, 1.82) is 0 Å². The standard InChI is InChI=1S/C19H15F3N2O/c20-11-2-6-18-14(8-11)13-7-10(1-5-17(13)24-18)19(25)23-12-3-4-15(21)16(22)9-12/h2-4,6,8-10,24H,1,5,7H2,(H,23,25). The SMILES string of the molecule is O=C(Nc1ccc(F)c(F)c1)C1CCc2[nH]c3ccc(F)cc3c2C1. The number of nitrogens with one attached hydrogen (secondary N) is 2. The number of amides is 1. The molecule has 1 aliphatic rings. The van der Waals surface area contributed by atoms with Gasteiger partial charge in [0.2, 0.25) is 5.91 Å². The Kier molecular flexibility index (Phi) is 3.75. The van der Waals surface area contributed by atoms with E-state index in [1.54, 1.807) is 6.07 Å². The van der Waals surface area contributed by atoms with Crippen molar-refractivity contribution in [2.45, 2.75) is 19.3 Å². The molecule has 25 heavy (non-hydrogen) atoms. The molecule has 0 saturated heterocycles. The Hall–Kier alpha value is -2.76. The van der Waals surface area contributed by atoms with E-state index in [1.165, 1.54) is 18.2 Å². The van der Waals surface area contributed by atoms with E-state index < -0.39 is 11.6 Å². The van der Waals surface area contributed by atoms with Crippen LogP contribution in [0, 0.1) is 23.4 Å². The minimum atomic E-state index is -1.00. The molecular weight excluding hydrogens is 329 g/mol. The first-order valence-corrected chi connectivity index (χ1v) is 8.06. The van der Waals surface area contributed by atoms with Gasteiger partial charge in [-0.15, -0.1) is 0 Å². The number of halogens is 3. The molecule has 1 aliphatic carbocycles. The van der Waals surface area contributed by atoms with E-state index in [0.29, 0.717) is 19.3 Å². The molecule has 1 atom stereocenters. The molecule has 0 saturated carbocycles. The lowest BCUT2D eigenvalue weighted by molar-refractivity contribution is -0.120. The highest BCUT2D eigenvalue weighted by molar-refractivity contribution is 5.94. The molecule has 1 aromatic heterocycles. The van der Waals surface area contributed by atoms with Gasteiger partial charge in [0.05, 0.1) is 0 Å². The summed E-state index contributed by atoms with van der Waals surface area (Å²) in [7, 11) is 0. The number of rotatable bonds is 2. The van der Waals surface area contributed by atoms with E-state index in [2.05, 4.69) is 10.3 Å². The molecule has 3 aromatic rings. The Bertz CT molecular complexity index is 980. The number of aromatic nitrogens is 1. The normalized spacial score (nSPS) is 16.7. The number of fused-ring (bicyclic) bond motifs is 3. The fraction of sp³-hybridized carbons (Fsp3) is 0.211. The first-order chi connectivity index (χ1) is 12.0. The second kappa shape index (κ2) is 5.95. The van der Waals surface area contributed by atoms with Crippen LogP contribution >= 0.6 is 0 Å².